The minimum absolute atomic E-state index is 0.0816. The van der Waals surface area contributed by atoms with Crippen LogP contribution in [0.15, 0.2) is 29.4 Å². The second-order valence-corrected chi connectivity index (χ2v) is 7.72. The molecule has 0 spiro atoms. The van der Waals surface area contributed by atoms with E-state index in [4.69, 9.17) is 25.2 Å². The number of hydrogen-bond acceptors (Lipinski definition) is 5. The van der Waals surface area contributed by atoms with Crippen LogP contribution in [0.25, 0.3) is 0 Å². The van der Waals surface area contributed by atoms with Crippen LogP contribution in [0.3, 0.4) is 0 Å². The normalized spacial score (nSPS) is 12.8. The molecule has 1 unspecified atom stereocenters. The molecule has 0 aliphatic heterocycles. The van der Waals surface area contributed by atoms with Crippen molar-refractivity contribution >= 4 is 5.84 Å². The average molecular weight is 423 g/mol. The topological polar surface area (TPSA) is 86.3 Å². The van der Waals surface area contributed by atoms with Crippen LogP contribution in [0, 0.1) is 0 Å². The maximum absolute atomic E-state index is 8.75. The van der Waals surface area contributed by atoms with Gasteiger partial charge in [-0.1, -0.05) is 70.4 Å². The molecule has 0 saturated carbocycles. The third-order valence-electron chi connectivity index (χ3n) is 4.99. The number of benzene rings is 1. The van der Waals surface area contributed by atoms with Gasteiger partial charge >= 0.3 is 0 Å². The Morgan fingerprint density at radius 2 is 1.47 bits per heavy atom. The molecule has 0 radical (unpaired) electrons. The van der Waals surface area contributed by atoms with E-state index < -0.39 is 0 Å². The maximum atomic E-state index is 8.75. The lowest BCUT2D eigenvalue weighted by molar-refractivity contribution is -0.0389. The molecular formula is C24H42N2O4. The van der Waals surface area contributed by atoms with Gasteiger partial charge in [0.05, 0.1) is 6.61 Å². The standard InChI is InChI=1S/C24H42N2O4/c1-3-5-7-9-11-17-28-19-23(29-18-12-10-8-6-4-2)20-30-22-15-13-21(14-16-22)24(25)26-27/h13-16,23,27H,3-12,17-20H2,1-2H3,(H2,25,26). The summed E-state index contributed by atoms with van der Waals surface area (Å²) in [6.07, 6.45) is 12.1. The summed E-state index contributed by atoms with van der Waals surface area (Å²) in [5.41, 5.74) is 6.24. The number of nitrogens with two attached hydrogens (primary N) is 1. The van der Waals surface area contributed by atoms with Gasteiger partial charge in [0.2, 0.25) is 0 Å². The Morgan fingerprint density at radius 1 is 0.867 bits per heavy atom. The summed E-state index contributed by atoms with van der Waals surface area (Å²) in [6, 6.07) is 7.15. The number of amidine groups is 1. The van der Waals surface area contributed by atoms with Gasteiger partial charge in [-0.25, -0.2) is 0 Å². The molecule has 1 atom stereocenters. The summed E-state index contributed by atoms with van der Waals surface area (Å²) >= 11 is 0. The number of unbranched alkanes of at least 4 members (excludes halogenated alkanes) is 8. The Kier molecular flexibility index (Phi) is 15.8. The summed E-state index contributed by atoms with van der Waals surface area (Å²) in [4.78, 5) is 0. The fraction of sp³-hybridized carbons (Fsp3) is 0.708. The number of hydrogen-bond donors (Lipinski definition) is 2. The Labute approximate surface area is 182 Å². The molecule has 1 aromatic rings. The lowest BCUT2D eigenvalue weighted by atomic mass is 10.2. The van der Waals surface area contributed by atoms with Gasteiger partial charge in [-0.3, -0.25) is 0 Å². The molecule has 0 bridgehead atoms. The number of rotatable bonds is 19. The molecule has 0 aliphatic carbocycles. The highest BCUT2D eigenvalue weighted by Crippen LogP contribution is 2.13. The second kappa shape index (κ2) is 18.0. The van der Waals surface area contributed by atoms with Crippen molar-refractivity contribution in [1.29, 1.82) is 0 Å². The van der Waals surface area contributed by atoms with E-state index in [-0.39, 0.29) is 11.9 Å². The van der Waals surface area contributed by atoms with Crippen LogP contribution in [-0.4, -0.2) is 43.6 Å². The van der Waals surface area contributed by atoms with Crippen molar-refractivity contribution in [2.24, 2.45) is 10.9 Å². The van der Waals surface area contributed by atoms with E-state index >= 15 is 0 Å². The maximum Gasteiger partial charge on any atom is 0.170 e. The largest absolute Gasteiger partial charge is 0.491 e. The predicted molar refractivity (Wildman–Crippen MR) is 123 cm³/mol. The molecule has 1 aromatic carbocycles. The smallest absolute Gasteiger partial charge is 0.170 e. The van der Waals surface area contributed by atoms with Crippen LogP contribution in [0.5, 0.6) is 5.75 Å². The average Bonchev–Trinajstić information content (AvgIpc) is 2.78. The molecular weight excluding hydrogens is 380 g/mol. The van der Waals surface area contributed by atoms with Gasteiger partial charge in [0, 0.05) is 18.8 Å². The van der Waals surface area contributed by atoms with E-state index in [2.05, 4.69) is 19.0 Å². The van der Waals surface area contributed by atoms with E-state index in [1.807, 2.05) is 12.1 Å². The molecule has 0 heterocycles. The highest BCUT2D eigenvalue weighted by Gasteiger charge is 2.11. The number of nitrogens with zero attached hydrogens (tertiary/aromatic N) is 1. The van der Waals surface area contributed by atoms with Gasteiger partial charge < -0.3 is 25.2 Å². The van der Waals surface area contributed by atoms with Crippen LogP contribution >= 0.6 is 0 Å². The molecule has 0 saturated heterocycles. The number of oxime groups is 1. The number of ether oxygens (including phenoxy) is 3. The molecule has 0 aliphatic rings. The van der Waals surface area contributed by atoms with Crippen molar-refractivity contribution in [3.05, 3.63) is 29.8 Å². The molecule has 0 amide bonds. The van der Waals surface area contributed by atoms with Crippen LogP contribution in [0.4, 0.5) is 0 Å². The molecule has 30 heavy (non-hydrogen) atoms. The zero-order valence-corrected chi connectivity index (χ0v) is 19.0. The lowest BCUT2D eigenvalue weighted by Gasteiger charge is -2.19. The lowest BCUT2D eigenvalue weighted by Crippen LogP contribution is -2.28. The van der Waals surface area contributed by atoms with Crippen LogP contribution < -0.4 is 10.5 Å². The molecule has 172 valence electrons. The van der Waals surface area contributed by atoms with Crippen LogP contribution in [-0.2, 0) is 9.47 Å². The highest BCUT2D eigenvalue weighted by molar-refractivity contribution is 5.97. The minimum Gasteiger partial charge on any atom is -0.491 e. The highest BCUT2D eigenvalue weighted by atomic mass is 16.6. The molecule has 6 heteroatoms. The Bertz CT molecular complexity index is 549. The molecule has 0 aromatic heterocycles. The van der Waals surface area contributed by atoms with Gasteiger partial charge in [-0.15, -0.1) is 0 Å². The summed E-state index contributed by atoms with van der Waals surface area (Å²) in [7, 11) is 0. The summed E-state index contributed by atoms with van der Waals surface area (Å²) < 4.78 is 17.8. The molecule has 0 fully saturated rings. The van der Waals surface area contributed by atoms with Crippen molar-refractivity contribution in [3.63, 3.8) is 0 Å². The van der Waals surface area contributed by atoms with Gasteiger partial charge in [-0.2, -0.15) is 0 Å². The molecule has 3 N–H and O–H groups in total. The summed E-state index contributed by atoms with van der Waals surface area (Å²) in [5, 5.41) is 11.8. The van der Waals surface area contributed by atoms with Gasteiger partial charge in [0.15, 0.2) is 5.84 Å². The van der Waals surface area contributed by atoms with Gasteiger partial charge in [-0.05, 0) is 37.1 Å². The second-order valence-electron chi connectivity index (χ2n) is 7.72. The van der Waals surface area contributed by atoms with Crippen LogP contribution in [0.1, 0.15) is 83.6 Å². The molecule has 1 rings (SSSR count). The van der Waals surface area contributed by atoms with Crippen LogP contribution in [0.2, 0.25) is 0 Å². The first-order valence-electron chi connectivity index (χ1n) is 11.6. The SMILES string of the molecule is CCCCCCCOCC(COc1ccc(/C(N)=N/O)cc1)OCCCCCCC. The fourth-order valence-corrected chi connectivity index (χ4v) is 3.09. The summed E-state index contributed by atoms with van der Waals surface area (Å²) in [5.74, 6) is 0.804. The van der Waals surface area contributed by atoms with Crippen molar-refractivity contribution in [2.45, 2.75) is 84.2 Å². The molecule has 6 nitrogen and oxygen atoms in total. The monoisotopic (exact) mass is 422 g/mol. The van der Waals surface area contributed by atoms with Crippen molar-refractivity contribution < 1.29 is 19.4 Å². The van der Waals surface area contributed by atoms with E-state index in [0.717, 1.165) is 31.8 Å². The van der Waals surface area contributed by atoms with Gasteiger partial charge in [0.25, 0.3) is 0 Å². The first-order valence-corrected chi connectivity index (χ1v) is 11.6. The Hall–Kier alpha value is -1.79. The van der Waals surface area contributed by atoms with Gasteiger partial charge in [0.1, 0.15) is 18.5 Å². The zero-order chi connectivity index (χ0) is 21.9. The predicted octanol–water partition coefficient (Wildman–Crippen LogP) is 5.50. The van der Waals surface area contributed by atoms with E-state index in [1.54, 1.807) is 12.1 Å². The summed E-state index contributed by atoms with van der Waals surface area (Å²) in [6.45, 7) is 6.94. The van der Waals surface area contributed by atoms with Crippen molar-refractivity contribution in [1.82, 2.24) is 0 Å². The Morgan fingerprint density at radius 3 is 2.07 bits per heavy atom. The first kappa shape index (κ1) is 26.2. The Balaban J connectivity index is 2.38. The zero-order valence-electron chi connectivity index (χ0n) is 19.0. The van der Waals surface area contributed by atoms with E-state index in [0.29, 0.717) is 18.8 Å². The van der Waals surface area contributed by atoms with Crippen molar-refractivity contribution in [2.75, 3.05) is 26.4 Å². The fourth-order valence-electron chi connectivity index (χ4n) is 3.09. The van der Waals surface area contributed by atoms with E-state index in [1.165, 1.54) is 51.4 Å². The van der Waals surface area contributed by atoms with E-state index in [9.17, 15) is 0 Å². The first-order chi connectivity index (χ1) is 14.7. The van der Waals surface area contributed by atoms with Crippen molar-refractivity contribution in [3.8, 4) is 5.75 Å². The third kappa shape index (κ3) is 12.7. The quantitative estimate of drug-likeness (QED) is 0.101. The minimum atomic E-state index is -0.0874. The third-order valence-corrected chi connectivity index (χ3v) is 4.99.